The Labute approximate surface area is 320 Å². The summed E-state index contributed by atoms with van der Waals surface area (Å²) in [6.07, 6.45) is 0. The molecule has 0 saturated carbocycles. The smallest absolute Gasteiger partial charge is 0.136 e. The second kappa shape index (κ2) is 12.1. The zero-order chi connectivity index (χ0) is 36.7. The van der Waals surface area contributed by atoms with E-state index in [2.05, 4.69) is 195 Å². The van der Waals surface area contributed by atoms with Crippen molar-refractivity contribution in [3.8, 4) is 33.4 Å². The van der Waals surface area contributed by atoms with Gasteiger partial charge in [0.1, 0.15) is 11.2 Å². The van der Waals surface area contributed by atoms with Crippen molar-refractivity contribution in [1.29, 1.82) is 0 Å². The minimum absolute atomic E-state index is 0.102. The molecule has 0 radical (unpaired) electrons. The molecule has 11 rings (SSSR count). The fraction of sp³-hybridized carbons (Fsp3) is 0.0566. The van der Waals surface area contributed by atoms with E-state index in [0.717, 1.165) is 27.9 Å². The second-order valence-electron chi connectivity index (χ2n) is 15.3. The van der Waals surface area contributed by atoms with Crippen LogP contribution in [0.2, 0.25) is 0 Å². The molecule has 0 unspecified atom stereocenters. The van der Waals surface area contributed by atoms with Gasteiger partial charge in [0.2, 0.25) is 0 Å². The zero-order valence-electron chi connectivity index (χ0n) is 30.8. The number of hydrogen-bond acceptors (Lipinski definition) is 2. The van der Waals surface area contributed by atoms with Gasteiger partial charge in [0.05, 0.1) is 5.69 Å². The van der Waals surface area contributed by atoms with Crippen molar-refractivity contribution >= 4 is 60.5 Å². The summed E-state index contributed by atoms with van der Waals surface area (Å²) in [5.74, 6) is 0. The van der Waals surface area contributed by atoms with Crippen LogP contribution in [0.3, 0.4) is 0 Å². The first-order valence-electron chi connectivity index (χ1n) is 19.1. The third kappa shape index (κ3) is 4.95. The molecule has 0 saturated heterocycles. The molecule has 0 N–H and O–H groups in total. The van der Waals surface area contributed by atoms with E-state index >= 15 is 0 Å². The molecule has 0 aliphatic heterocycles. The molecule has 1 aliphatic carbocycles. The molecule has 10 aromatic rings. The van der Waals surface area contributed by atoms with Gasteiger partial charge in [-0.05, 0) is 115 Å². The van der Waals surface area contributed by atoms with Crippen molar-refractivity contribution in [3.63, 3.8) is 0 Å². The van der Waals surface area contributed by atoms with Crippen LogP contribution in [0, 0.1) is 0 Å². The highest BCUT2D eigenvalue weighted by Gasteiger charge is 2.37. The van der Waals surface area contributed by atoms with E-state index in [-0.39, 0.29) is 5.41 Å². The Balaban J connectivity index is 1.05. The van der Waals surface area contributed by atoms with Crippen molar-refractivity contribution in [2.45, 2.75) is 19.3 Å². The molecule has 0 bridgehead atoms. The topological polar surface area (TPSA) is 16.4 Å². The maximum absolute atomic E-state index is 6.19. The lowest BCUT2D eigenvalue weighted by atomic mass is 9.82. The number of anilines is 3. The number of rotatable bonds is 5. The largest absolute Gasteiger partial charge is 0.456 e. The van der Waals surface area contributed by atoms with E-state index in [0.29, 0.717) is 0 Å². The molecule has 0 fully saturated rings. The Kier molecular flexibility index (Phi) is 6.93. The molecule has 0 spiro atoms. The molecule has 2 nitrogen and oxygen atoms in total. The van der Waals surface area contributed by atoms with Gasteiger partial charge < -0.3 is 9.32 Å². The van der Waals surface area contributed by atoms with Gasteiger partial charge in [-0.1, -0.05) is 147 Å². The number of furan rings is 1. The molecule has 55 heavy (non-hydrogen) atoms. The van der Waals surface area contributed by atoms with E-state index in [4.69, 9.17) is 4.42 Å². The summed E-state index contributed by atoms with van der Waals surface area (Å²) in [6.45, 7) is 4.70. The number of hydrogen-bond donors (Lipinski definition) is 0. The van der Waals surface area contributed by atoms with Crippen molar-refractivity contribution in [3.05, 3.63) is 199 Å². The van der Waals surface area contributed by atoms with Crippen LogP contribution >= 0.6 is 0 Å². The average Bonchev–Trinajstić information content (AvgIpc) is 3.73. The lowest BCUT2D eigenvalue weighted by molar-refractivity contribution is 0.660. The van der Waals surface area contributed by atoms with Crippen molar-refractivity contribution in [2.24, 2.45) is 0 Å². The summed E-state index contributed by atoms with van der Waals surface area (Å²) in [7, 11) is 0. The van der Waals surface area contributed by atoms with Crippen LogP contribution < -0.4 is 4.90 Å². The van der Waals surface area contributed by atoms with Crippen LogP contribution in [0.15, 0.2) is 192 Å². The van der Waals surface area contributed by atoms with E-state index in [9.17, 15) is 0 Å². The molecule has 260 valence electrons. The summed E-state index contributed by atoms with van der Waals surface area (Å²) in [6, 6.07) is 68.6. The highest BCUT2D eigenvalue weighted by atomic mass is 16.3. The Morgan fingerprint density at radius 3 is 2.00 bits per heavy atom. The Hall–Kier alpha value is -6.90. The number of fused-ring (bicyclic) bond motifs is 9. The van der Waals surface area contributed by atoms with Crippen LogP contribution in [-0.4, -0.2) is 0 Å². The SMILES string of the molecule is CC1(C)c2ccccc2-c2c(N(c3ccc(-c4ccc5c(ccc6oc7ccccc7c65)c4)cc3)c3cccc(-c4ccc5ccccc5c4)c3)cccc21. The van der Waals surface area contributed by atoms with Gasteiger partial charge in [0.15, 0.2) is 0 Å². The Morgan fingerprint density at radius 1 is 0.418 bits per heavy atom. The predicted molar refractivity (Wildman–Crippen MR) is 232 cm³/mol. The minimum atomic E-state index is -0.102. The first-order chi connectivity index (χ1) is 27.0. The Bertz CT molecular complexity index is 3130. The van der Waals surface area contributed by atoms with Gasteiger partial charge >= 0.3 is 0 Å². The second-order valence-corrected chi connectivity index (χ2v) is 15.3. The van der Waals surface area contributed by atoms with Gasteiger partial charge in [-0.2, -0.15) is 0 Å². The number of benzene rings is 9. The molecule has 1 heterocycles. The van der Waals surface area contributed by atoms with Crippen molar-refractivity contribution < 1.29 is 4.42 Å². The van der Waals surface area contributed by atoms with Crippen LogP contribution in [0.5, 0.6) is 0 Å². The lowest BCUT2D eigenvalue weighted by Crippen LogP contribution is -2.16. The maximum atomic E-state index is 6.19. The van der Waals surface area contributed by atoms with E-state index in [1.54, 1.807) is 0 Å². The van der Waals surface area contributed by atoms with Crippen LogP contribution in [-0.2, 0) is 5.41 Å². The Morgan fingerprint density at radius 2 is 1.09 bits per heavy atom. The van der Waals surface area contributed by atoms with Gasteiger partial charge in [0.25, 0.3) is 0 Å². The van der Waals surface area contributed by atoms with E-state index in [1.807, 2.05) is 12.1 Å². The summed E-state index contributed by atoms with van der Waals surface area (Å²) in [4.78, 5) is 2.45. The first-order valence-corrected chi connectivity index (χ1v) is 19.1. The van der Waals surface area contributed by atoms with Gasteiger partial charge in [-0.15, -0.1) is 0 Å². The number of nitrogens with zero attached hydrogens (tertiary/aromatic N) is 1. The van der Waals surface area contributed by atoms with Crippen LogP contribution in [0.1, 0.15) is 25.0 Å². The highest BCUT2D eigenvalue weighted by Crippen LogP contribution is 2.54. The van der Waals surface area contributed by atoms with Gasteiger partial charge in [-0.3, -0.25) is 0 Å². The summed E-state index contributed by atoms with van der Waals surface area (Å²) >= 11 is 0. The summed E-state index contributed by atoms with van der Waals surface area (Å²) < 4.78 is 6.19. The zero-order valence-corrected chi connectivity index (χ0v) is 30.8. The predicted octanol–water partition coefficient (Wildman–Crippen LogP) is 15.0. The minimum Gasteiger partial charge on any atom is -0.456 e. The lowest BCUT2D eigenvalue weighted by Gasteiger charge is -2.29. The fourth-order valence-electron chi connectivity index (χ4n) is 9.08. The van der Waals surface area contributed by atoms with E-state index < -0.39 is 0 Å². The van der Waals surface area contributed by atoms with Gasteiger partial charge in [-0.25, -0.2) is 0 Å². The maximum Gasteiger partial charge on any atom is 0.136 e. The molecular formula is C53H37NO. The number of para-hydroxylation sites is 1. The molecule has 0 atom stereocenters. The molecule has 9 aromatic carbocycles. The molecule has 1 aliphatic rings. The third-order valence-corrected chi connectivity index (χ3v) is 11.8. The highest BCUT2D eigenvalue weighted by molar-refractivity contribution is 6.19. The average molecular weight is 704 g/mol. The van der Waals surface area contributed by atoms with Crippen LogP contribution in [0.25, 0.3) is 76.9 Å². The molecule has 2 heteroatoms. The fourth-order valence-corrected chi connectivity index (χ4v) is 9.08. The van der Waals surface area contributed by atoms with Crippen molar-refractivity contribution in [1.82, 2.24) is 0 Å². The molecule has 1 aromatic heterocycles. The molecule has 0 amide bonds. The van der Waals surface area contributed by atoms with Crippen LogP contribution in [0.4, 0.5) is 17.1 Å². The van der Waals surface area contributed by atoms with E-state index in [1.165, 1.54) is 77.1 Å². The summed E-state index contributed by atoms with van der Waals surface area (Å²) in [5, 5.41) is 7.24. The quantitative estimate of drug-likeness (QED) is 0.177. The van der Waals surface area contributed by atoms with Gasteiger partial charge in [0, 0.05) is 33.1 Å². The standard InChI is InChI=1S/C53H37NO/c1-53(2)46-17-7-5-15-44(46)52-47(53)18-10-19-48(52)54(42-14-9-13-37(33-42)39-22-21-34-11-3-4-12-36(34)31-39)41-27-23-35(24-28-41)38-25-29-43-40(32-38)26-30-50-51(43)45-16-6-8-20-49(45)55-50/h3-33H,1-2H3. The normalized spacial score (nSPS) is 13.1. The first kappa shape index (κ1) is 31.6. The van der Waals surface area contributed by atoms with Crippen molar-refractivity contribution in [2.75, 3.05) is 4.90 Å². The molecular weight excluding hydrogens is 667 g/mol. The monoisotopic (exact) mass is 703 g/mol. The third-order valence-electron chi connectivity index (χ3n) is 11.8. The summed E-state index contributed by atoms with van der Waals surface area (Å²) in [5.41, 5.74) is 15.3.